The maximum absolute atomic E-state index is 13.1. The van der Waals surface area contributed by atoms with E-state index in [-0.39, 0.29) is 11.5 Å². The largest absolute Gasteiger partial charge is 0.455 e. The molecule has 0 amide bonds. The van der Waals surface area contributed by atoms with Crippen LogP contribution in [0.4, 0.5) is 8.78 Å². The fraction of sp³-hybridized carbons (Fsp3) is 0.824. The van der Waals surface area contributed by atoms with Gasteiger partial charge in [0.15, 0.2) is 0 Å². The Morgan fingerprint density at radius 1 is 1.19 bits per heavy atom. The summed E-state index contributed by atoms with van der Waals surface area (Å²) in [4.78, 5) is 12.3. The molecule has 0 saturated heterocycles. The molecule has 9 heteroatoms. The van der Waals surface area contributed by atoms with E-state index in [1.165, 1.54) is 0 Å². The van der Waals surface area contributed by atoms with E-state index in [0.29, 0.717) is 0 Å². The van der Waals surface area contributed by atoms with Crippen LogP contribution in [-0.4, -0.2) is 43.0 Å². The molecule has 0 aromatic heterocycles. The average Bonchev–Trinajstić information content (AvgIpc) is 2.48. The van der Waals surface area contributed by atoms with Crippen LogP contribution in [0.25, 0.3) is 0 Å². The molecule has 26 heavy (non-hydrogen) atoms. The third-order valence-electron chi connectivity index (χ3n) is 4.76. The van der Waals surface area contributed by atoms with Crippen LogP contribution in [0.3, 0.4) is 0 Å². The molecule has 1 N–H and O–H groups in total. The number of carbonyl (C=O) groups excluding carboxylic acids is 1. The van der Waals surface area contributed by atoms with Gasteiger partial charge in [-0.1, -0.05) is 39.7 Å². The Kier molecular flexibility index (Phi) is 8.16. The van der Waals surface area contributed by atoms with Gasteiger partial charge in [-0.25, -0.2) is 4.79 Å². The molecule has 1 aliphatic carbocycles. The van der Waals surface area contributed by atoms with Gasteiger partial charge in [0.05, 0.1) is 12.2 Å². The lowest BCUT2D eigenvalue weighted by Crippen LogP contribution is -2.41. The van der Waals surface area contributed by atoms with Crippen molar-refractivity contribution in [3.05, 3.63) is 12.2 Å². The van der Waals surface area contributed by atoms with Crippen LogP contribution in [0, 0.1) is 5.92 Å². The zero-order chi connectivity index (χ0) is 20.0. The van der Waals surface area contributed by atoms with Gasteiger partial charge >= 0.3 is 21.3 Å². The Hall–Kier alpha value is -1.06. The van der Waals surface area contributed by atoms with Gasteiger partial charge in [0.1, 0.15) is 12.2 Å². The van der Waals surface area contributed by atoms with E-state index in [9.17, 15) is 22.0 Å². The lowest BCUT2D eigenvalue weighted by atomic mass is 9.79. The number of alkyl halides is 2. The van der Waals surface area contributed by atoms with Crippen molar-refractivity contribution in [2.24, 2.45) is 5.92 Å². The molecule has 0 aromatic carbocycles. The van der Waals surface area contributed by atoms with Crippen molar-refractivity contribution in [1.82, 2.24) is 0 Å². The Labute approximate surface area is 153 Å². The molecule has 0 radical (unpaired) electrons. The monoisotopic (exact) mass is 398 g/mol. The quantitative estimate of drug-likeness (QED) is 0.381. The highest BCUT2D eigenvalue weighted by Gasteiger charge is 2.44. The molecule has 0 aliphatic heterocycles. The van der Waals surface area contributed by atoms with E-state index < -0.39 is 40.2 Å². The van der Waals surface area contributed by atoms with Gasteiger partial charge in [-0.05, 0) is 31.6 Å². The summed E-state index contributed by atoms with van der Waals surface area (Å²) in [6.07, 6.45) is 6.63. The van der Waals surface area contributed by atoms with E-state index in [2.05, 4.69) is 11.3 Å². The zero-order valence-electron chi connectivity index (χ0n) is 15.3. The molecule has 0 heterocycles. The van der Waals surface area contributed by atoms with Gasteiger partial charge in [-0.2, -0.15) is 17.2 Å². The molecule has 1 saturated carbocycles. The Morgan fingerprint density at radius 3 is 2.15 bits per heavy atom. The second-order valence-corrected chi connectivity index (χ2v) is 8.63. The number of halogens is 2. The summed E-state index contributed by atoms with van der Waals surface area (Å²) >= 11 is 0. The third kappa shape index (κ3) is 6.28. The molecule has 152 valence electrons. The Bertz CT molecular complexity index is 592. The molecule has 0 spiro atoms. The Morgan fingerprint density at radius 2 is 1.69 bits per heavy atom. The van der Waals surface area contributed by atoms with Crippen LogP contribution in [0.15, 0.2) is 12.2 Å². The molecule has 1 aliphatic rings. The van der Waals surface area contributed by atoms with E-state index >= 15 is 0 Å². The van der Waals surface area contributed by atoms with Crippen molar-refractivity contribution in [2.45, 2.75) is 69.6 Å². The summed E-state index contributed by atoms with van der Waals surface area (Å²) in [6.45, 7) is 5.24. The van der Waals surface area contributed by atoms with Crippen molar-refractivity contribution >= 4 is 16.1 Å². The standard InChI is InChI=1S/C17H28F2O6S/c1-13(2)16(9-7-5-4-6-8-10-16)25-15(20)14(3)11-24-12-17(18,19)26(21,22)23/h13H,3-12H2,1-2H3,(H,21,22,23). The van der Waals surface area contributed by atoms with Crippen LogP contribution in [0.5, 0.6) is 0 Å². The number of ether oxygens (including phenoxy) is 2. The van der Waals surface area contributed by atoms with E-state index in [4.69, 9.17) is 9.29 Å². The summed E-state index contributed by atoms with van der Waals surface area (Å²) in [5.41, 5.74) is -0.808. The van der Waals surface area contributed by atoms with Crippen LogP contribution in [0.2, 0.25) is 0 Å². The summed E-state index contributed by atoms with van der Waals surface area (Å²) in [5.74, 6) is -0.656. The molecule has 0 atom stereocenters. The lowest BCUT2D eigenvalue weighted by molar-refractivity contribution is -0.164. The predicted octanol–water partition coefficient (Wildman–Crippen LogP) is 3.72. The number of hydrogen-bond acceptors (Lipinski definition) is 5. The van der Waals surface area contributed by atoms with Crippen LogP contribution >= 0.6 is 0 Å². The Balaban J connectivity index is 2.64. The first-order chi connectivity index (χ1) is 11.9. The topological polar surface area (TPSA) is 89.9 Å². The van der Waals surface area contributed by atoms with E-state index in [1.807, 2.05) is 13.8 Å². The van der Waals surface area contributed by atoms with Crippen molar-refractivity contribution in [2.75, 3.05) is 13.2 Å². The van der Waals surface area contributed by atoms with Crippen molar-refractivity contribution in [3.8, 4) is 0 Å². The van der Waals surface area contributed by atoms with Crippen LogP contribution in [0.1, 0.15) is 58.8 Å². The van der Waals surface area contributed by atoms with E-state index in [0.717, 1.165) is 44.9 Å². The summed E-state index contributed by atoms with van der Waals surface area (Å²) < 4.78 is 65.9. The smallest absolute Gasteiger partial charge is 0.392 e. The molecular weight excluding hydrogens is 370 g/mol. The van der Waals surface area contributed by atoms with Gasteiger partial charge < -0.3 is 9.47 Å². The number of rotatable bonds is 8. The molecule has 1 rings (SSSR count). The van der Waals surface area contributed by atoms with Crippen molar-refractivity contribution in [1.29, 1.82) is 0 Å². The first kappa shape index (κ1) is 23.0. The highest BCUT2D eigenvalue weighted by Crippen LogP contribution is 2.36. The van der Waals surface area contributed by atoms with Gasteiger partial charge in [-0.15, -0.1) is 0 Å². The van der Waals surface area contributed by atoms with Crippen molar-refractivity contribution < 1.29 is 36.0 Å². The van der Waals surface area contributed by atoms with Gasteiger partial charge in [0.25, 0.3) is 0 Å². The maximum Gasteiger partial charge on any atom is 0.392 e. The second-order valence-electron chi connectivity index (χ2n) is 7.09. The minimum absolute atomic E-state index is 0.0853. The predicted molar refractivity (Wildman–Crippen MR) is 92.4 cm³/mol. The zero-order valence-corrected chi connectivity index (χ0v) is 16.1. The average molecular weight is 398 g/mol. The normalized spacial score (nSPS) is 18.8. The number of hydrogen-bond donors (Lipinski definition) is 1. The van der Waals surface area contributed by atoms with Crippen molar-refractivity contribution in [3.63, 3.8) is 0 Å². The maximum atomic E-state index is 13.1. The first-order valence-electron chi connectivity index (χ1n) is 8.75. The van der Waals surface area contributed by atoms with Gasteiger partial charge in [0, 0.05) is 0 Å². The SMILES string of the molecule is C=C(COCC(F)(F)S(=O)(=O)O)C(=O)OC1(C(C)C)CCCCCCC1. The minimum atomic E-state index is -5.58. The molecule has 0 aromatic rings. The fourth-order valence-corrected chi connectivity index (χ4v) is 3.22. The van der Waals surface area contributed by atoms with Crippen LogP contribution < -0.4 is 0 Å². The highest BCUT2D eigenvalue weighted by molar-refractivity contribution is 7.86. The minimum Gasteiger partial charge on any atom is -0.455 e. The number of esters is 1. The molecule has 1 fully saturated rings. The highest BCUT2D eigenvalue weighted by atomic mass is 32.2. The first-order valence-corrected chi connectivity index (χ1v) is 10.2. The second kappa shape index (κ2) is 9.23. The van der Waals surface area contributed by atoms with Crippen LogP contribution in [-0.2, 0) is 24.4 Å². The summed E-state index contributed by atoms with van der Waals surface area (Å²) in [7, 11) is -5.58. The molecular formula is C17H28F2O6S. The fourth-order valence-electron chi connectivity index (χ4n) is 2.98. The van der Waals surface area contributed by atoms with E-state index in [1.54, 1.807) is 0 Å². The molecule has 6 nitrogen and oxygen atoms in total. The van der Waals surface area contributed by atoms with Gasteiger partial charge in [-0.3, -0.25) is 4.55 Å². The molecule has 0 unspecified atom stereocenters. The summed E-state index contributed by atoms with van der Waals surface area (Å²) in [5, 5.41) is -4.45. The van der Waals surface area contributed by atoms with Gasteiger partial charge in [0.2, 0.25) is 0 Å². The summed E-state index contributed by atoms with van der Waals surface area (Å²) in [6, 6.07) is 0. The third-order valence-corrected chi connectivity index (χ3v) is 5.63. The molecule has 0 bridgehead atoms. The number of carbonyl (C=O) groups is 1. The lowest BCUT2D eigenvalue weighted by Gasteiger charge is -2.38.